The van der Waals surface area contributed by atoms with E-state index < -0.39 is 0 Å². The van der Waals surface area contributed by atoms with Crippen LogP contribution in [0.5, 0.6) is 5.75 Å². The molecule has 0 unspecified atom stereocenters. The number of para-hydroxylation sites is 1. The van der Waals surface area contributed by atoms with Gasteiger partial charge >= 0.3 is 0 Å². The fourth-order valence-corrected chi connectivity index (χ4v) is 2.07. The lowest BCUT2D eigenvalue weighted by atomic mass is 10.2. The molecule has 21 heavy (non-hydrogen) atoms. The summed E-state index contributed by atoms with van der Waals surface area (Å²) in [6, 6.07) is 11.5. The van der Waals surface area contributed by atoms with Crippen molar-refractivity contribution in [2.24, 2.45) is 0 Å². The van der Waals surface area contributed by atoms with Gasteiger partial charge in [0.05, 0.1) is 13.4 Å². The van der Waals surface area contributed by atoms with Crippen LogP contribution in [-0.2, 0) is 11.3 Å². The summed E-state index contributed by atoms with van der Waals surface area (Å²) in [6.45, 7) is 2.83. The van der Waals surface area contributed by atoms with Crippen molar-refractivity contribution in [3.8, 4) is 5.75 Å². The van der Waals surface area contributed by atoms with Gasteiger partial charge in [-0.3, -0.25) is 4.79 Å². The summed E-state index contributed by atoms with van der Waals surface area (Å²) in [7, 11) is 1.62. The molecular weight excluding hydrogens is 268 g/mol. The molecule has 0 aliphatic rings. The second-order valence-corrected chi connectivity index (χ2v) is 4.83. The first-order valence-corrected chi connectivity index (χ1v) is 6.96. The number of quaternary nitrogens is 1. The first-order chi connectivity index (χ1) is 10.2. The van der Waals surface area contributed by atoms with Crippen molar-refractivity contribution in [2.45, 2.75) is 19.5 Å². The Balaban J connectivity index is 1.77. The number of hydrogen-bond acceptors (Lipinski definition) is 3. The first kappa shape index (κ1) is 15.1. The Morgan fingerprint density at radius 2 is 2.14 bits per heavy atom. The van der Waals surface area contributed by atoms with Gasteiger partial charge in [0.25, 0.3) is 5.91 Å². The number of ether oxygens (including phenoxy) is 1. The second kappa shape index (κ2) is 7.50. The molecule has 1 aromatic carbocycles. The lowest BCUT2D eigenvalue weighted by molar-refractivity contribution is -0.684. The van der Waals surface area contributed by atoms with Gasteiger partial charge in [-0.25, -0.2) is 0 Å². The molecule has 1 heterocycles. The molecule has 0 aliphatic carbocycles. The van der Waals surface area contributed by atoms with E-state index >= 15 is 0 Å². The van der Waals surface area contributed by atoms with Gasteiger partial charge in [-0.15, -0.1) is 0 Å². The highest BCUT2D eigenvalue weighted by atomic mass is 16.5. The molecule has 112 valence electrons. The number of carbonyl (C=O) groups excluding carboxylic acids is 1. The number of carbonyl (C=O) groups is 1. The minimum Gasteiger partial charge on any atom is -0.496 e. The topological polar surface area (TPSA) is 68.1 Å². The van der Waals surface area contributed by atoms with E-state index in [-0.39, 0.29) is 11.9 Å². The SMILES string of the molecule is COc1ccccc1CNC(=O)C[NH2+][C@@H](C)c1ccco1. The Morgan fingerprint density at radius 1 is 1.33 bits per heavy atom. The zero-order chi connectivity index (χ0) is 15.1. The lowest BCUT2D eigenvalue weighted by Gasteiger charge is -2.10. The molecule has 0 fully saturated rings. The molecular formula is C16H21N2O3+. The first-order valence-electron chi connectivity index (χ1n) is 6.96. The maximum Gasteiger partial charge on any atom is 0.275 e. The molecule has 2 aromatic rings. The highest BCUT2D eigenvalue weighted by Gasteiger charge is 2.13. The van der Waals surface area contributed by atoms with Crippen molar-refractivity contribution in [2.75, 3.05) is 13.7 Å². The third-order valence-corrected chi connectivity index (χ3v) is 3.32. The number of amides is 1. The monoisotopic (exact) mass is 289 g/mol. The van der Waals surface area contributed by atoms with Crippen molar-refractivity contribution >= 4 is 5.91 Å². The fraction of sp³-hybridized carbons (Fsp3) is 0.312. The van der Waals surface area contributed by atoms with Gasteiger partial charge in [0, 0.05) is 12.1 Å². The number of nitrogens with two attached hydrogens (primary N) is 1. The summed E-state index contributed by atoms with van der Waals surface area (Å²) in [5.74, 6) is 1.64. The van der Waals surface area contributed by atoms with Crippen LogP contribution in [0.4, 0.5) is 0 Å². The molecule has 2 rings (SSSR count). The normalized spacial score (nSPS) is 11.9. The molecule has 0 radical (unpaired) electrons. The number of methoxy groups -OCH3 is 1. The second-order valence-electron chi connectivity index (χ2n) is 4.83. The zero-order valence-corrected chi connectivity index (χ0v) is 12.3. The quantitative estimate of drug-likeness (QED) is 0.805. The number of benzene rings is 1. The molecule has 1 amide bonds. The van der Waals surface area contributed by atoms with E-state index in [2.05, 4.69) is 5.32 Å². The lowest BCUT2D eigenvalue weighted by Crippen LogP contribution is -2.86. The van der Waals surface area contributed by atoms with Crippen LogP contribution in [0.1, 0.15) is 24.3 Å². The van der Waals surface area contributed by atoms with Crippen molar-refractivity contribution in [3.63, 3.8) is 0 Å². The number of nitrogens with one attached hydrogen (secondary N) is 1. The van der Waals surface area contributed by atoms with E-state index in [0.717, 1.165) is 17.1 Å². The summed E-state index contributed by atoms with van der Waals surface area (Å²) in [6.07, 6.45) is 1.64. The van der Waals surface area contributed by atoms with Crippen LogP contribution >= 0.6 is 0 Å². The molecule has 0 bridgehead atoms. The Kier molecular flexibility index (Phi) is 5.40. The average molecular weight is 289 g/mol. The van der Waals surface area contributed by atoms with Gasteiger partial charge in [0.1, 0.15) is 11.8 Å². The van der Waals surface area contributed by atoms with E-state index in [9.17, 15) is 4.79 Å². The van der Waals surface area contributed by atoms with E-state index in [1.165, 1.54) is 0 Å². The number of furan rings is 1. The van der Waals surface area contributed by atoms with Crippen LogP contribution in [0.15, 0.2) is 47.1 Å². The average Bonchev–Trinajstić information content (AvgIpc) is 3.05. The molecule has 5 heteroatoms. The third-order valence-electron chi connectivity index (χ3n) is 3.32. The third kappa shape index (κ3) is 4.36. The van der Waals surface area contributed by atoms with Crippen LogP contribution in [0.25, 0.3) is 0 Å². The highest BCUT2D eigenvalue weighted by molar-refractivity contribution is 5.76. The Hall–Kier alpha value is -2.27. The molecule has 0 saturated heterocycles. The van der Waals surface area contributed by atoms with Crippen LogP contribution < -0.4 is 15.4 Å². The standard InChI is InChI=1S/C16H20N2O3/c1-12(14-8-5-9-21-14)17-11-16(19)18-10-13-6-3-4-7-15(13)20-2/h3-9,12,17H,10-11H2,1-2H3,(H,18,19)/p+1/t12-/m0/s1. The van der Waals surface area contributed by atoms with Gasteiger partial charge in [0.15, 0.2) is 12.3 Å². The minimum atomic E-state index is -0.0145. The molecule has 3 N–H and O–H groups in total. The van der Waals surface area contributed by atoms with E-state index in [0.29, 0.717) is 13.1 Å². The maximum absolute atomic E-state index is 11.9. The summed E-state index contributed by atoms with van der Waals surface area (Å²) in [4.78, 5) is 11.9. The van der Waals surface area contributed by atoms with Gasteiger partial charge in [0.2, 0.25) is 0 Å². The van der Waals surface area contributed by atoms with Crippen molar-refractivity contribution in [1.29, 1.82) is 0 Å². The molecule has 1 atom stereocenters. The maximum atomic E-state index is 11.9. The van der Waals surface area contributed by atoms with Gasteiger partial charge < -0.3 is 19.8 Å². The summed E-state index contributed by atoms with van der Waals surface area (Å²) >= 11 is 0. The number of rotatable bonds is 7. The minimum absolute atomic E-state index is 0.0145. The van der Waals surface area contributed by atoms with Crippen molar-refractivity contribution < 1.29 is 19.3 Å². The van der Waals surface area contributed by atoms with E-state index in [1.54, 1.807) is 13.4 Å². The Bertz CT molecular complexity index is 567. The van der Waals surface area contributed by atoms with Crippen LogP contribution in [-0.4, -0.2) is 19.6 Å². The highest BCUT2D eigenvalue weighted by Crippen LogP contribution is 2.16. The van der Waals surface area contributed by atoms with E-state index in [1.807, 2.05) is 48.6 Å². The molecule has 0 aliphatic heterocycles. The van der Waals surface area contributed by atoms with Gasteiger partial charge in [-0.05, 0) is 25.1 Å². The van der Waals surface area contributed by atoms with Crippen LogP contribution in [0, 0.1) is 0 Å². The Morgan fingerprint density at radius 3 is 2.86 bits per heavy atom. The predicted octanol–water partition coefficient (Wildman–Crippen LogP) is 1.23. The molecule has 0 spiro atoms. The Labute approximate surface area is 124 Å². The smallest absolute Gasteiger partial charge is 0.275 e. The van der Waals surface area contributed by atoms with Crippen LogP contribution in [0.2, 0.25) is 0 Å². The van der Waals surface area contributed by atoms with Gasteiger partial charge in [-0.1, -0.05) is 18.2 Å². The molecule has 5 nitrogen and oxygen atoms in total. The molecule has 0 saturated carbocycles. The summed E-state index contributed by atoms with van der Waals surface area (Å²) in [5.41, 5.74) is 0.965. The molecule has 1 aromatic heterocycles. The zero-order valence-electron chi connectivity index (χ0n) is 12.3. The van der Waals surface area contributed by atoms with Crippen molar-refractivity contribution in [3.05, 3.63) is 54.0 Å². The van der Waals surface area contributed by atoms with Crippen LogP contribution in [0.3, 0.4) is 0 Å². The fourth-order valence-electron chi connectivity index (χ4n) is 2.07. The van der Waals surface area contributed by atoms with E-state index in [4.69, 9.17) is 9.15 Å². The number of hydrogen-bond donors (Lipinski definition) is 2. The summed E-state index contributed by atoms with van der Waals surface area (Å²) < 4.78 is 10.6. The van der Waals surface area contributed by atoms with Crippen molar-refractivity contribution in [1.82, 2.24) is 5.32 Å². The predicted molar refractivity (Wildman–Crippen MR) is 78.8 cm³/mol. The summed E-state index contributed by atoms with van der Waals surface area (Å²) in [5, 5.41) is 4.83. The largest absolute Gasteiger partial charge is 0.496 e. The van der Waals surface area contributed by atoms with Gasteiger partial charge in [-0.2, -0.15) is 0 Å².